The van der Waals surface area contributed by atoms with E-state index in [1.165, 1.54) is 0 Å². The Hall–Kier alpha value is -1.33. The third-order valence-corrected chi connectivity index (χ3v) is 2.14. The minimum atomic E-state index is 0.617. The maximum atomic E-state index is 5.35. The van der Waals surface area contributed by atoms with Crippen molar-refractivity contribution in [3.8, 4) is 5.88 Å². The van der Waals surface area contributed by atoms with E-state index in [0.717, 1.165) is 25.4 Å². The van der Waals surface area contributed by atoms with Gasteiger partial charge in [-0.2, -0.15) is 4.98 Å². The second-order valence-electron chi connectivity index (χ2n) is 3.45. The van der Waals surface area contributed by atoms with E-state index in [4.69, 9.17) is 14.2 Å². The topological polar surface area (TPSA) is 52.6 Å². The summed E-state index contributed by atoms with van der Waals surface area (Å²) in [5, 5.41) is 3.21. The van der Waals surface area contributed by atoms with Crippen molar-refractivity contribution in [3.05, 3.63) is 18.2 Å². The van der Waals surface area contributed by atoms with Crippen molar-refractivity contribution in [2.75, 3.05) is 45.9 Å². The Bertz CT molecular complexity index is 308. The van der Waals surface area contributed by atoms with E-state index < -0.39 is 0 Å². The number of hydrogen-bond donors (Lipinski definition) is 1. The average Bonchev–Trinajstić information content (AvgIpc) is 2.38. The lowest BCUT2D eigenvalue weighted by Gasteiger charge is -2.07. The summed E-state index contributed by atoms with van der Waals surface area (Å²) in [6.45, 7) is 2.84. The molecule has 0 saturated heterocycles. The van der Waals surface area contributed by atoms with Gasteiger partial charge in [0, 0.05) is 26.3 Å². The average molecular weight is 240 g/mol. The van der Waals surface area contributed by atoms with Crippen LogP contribution in [0.1, 0.15) is 6.42 Å². The van der Waals surface area contributed by atoms with Gasteiger partial charge in [0.05, 0.1) is 20.3 Å². The first-order chi connectivity index (χ1) is 8.36. The van der Waals surface area contributed by atoms with E-state index in [-0.39, 0.29) is 0 Å². The number of aromatic nitrogens is 1. The quantitative estimate of drug-likeness (QED) is 0.664. The fourth-order valence-corrected chi connectivity index (χ4v) is 1.26. The van der Waals surface area contributed by atoms with E-state index in [2.05, 4.69) is 10.3 Å². The first-order valence-electron chi connectivity index (χ1n) is 5.68. The number of methoxy groups -OCH3 is 2. The van der Waals surface area contributed by atoms with E-state index >= 15 is 0 Å². The first kappa shape index (κ1) is 13.7. The number of nitrogens with one attached hydrogen (secondary N) is 1. The Balaban J connectivity index is 2.09. The summed E-state index contributed by atoms with van der Waals surface area (Å²) < 4.78 is 15.3. The zero-order chi connectivity index (χ0) is 12.3. The molecule has 1 rings (SSSR count). The Morgan fingerprint density at radius 2 is 2.06 bits per heavy atom. The van der Waals surface area contributed by atoms with Crippen LogP contribution in [0.2, 0.25) is 0 Å². The predicted octanol–water partition coefficient (Wildman–Crippen LogP) is 1.56. The van der Waals surface area contributed by atoms with Crippen LogP contribution in [0.3, 0.4) is 0 Å². The molecule has 0 aliphatic heterocycles. The van der Waals surface area contributed by atoms with Gasteiger partial charge in [-0.15, -0.1) is 0 Å². The molecule has 0 unspecified atom stereocenters. The van der Waals surface area contributed by atoms with Gasteiger partial charge in [-0.1, -0.05) is 6.07 Å². The molecular formula is C12H20N2O3. The number of anilines is 1. The van der Waals surface area contributed by atoms with Crippen molar-refractivity contribution >= 4 is 5.82 Å². The Morgan fingerprint density at radius 1 is 1.18 bits per heavy atom. The largest absolute Gasteiger partial charge is 0.481 e. The van der Waals surface area contributed by atoms with E-state index in [0.29, 0.717) is 19.1 Å². The van der Waals surface area contributed by atoms with Crippen LogP contribution in [-0.2, 0) is 9.47 Å². The highest BCUT2D eigenvalue weighted by atomic mass is 16.5. The van der Waals surface area contributed by atoms with Crippen molar-refractivity contribution in [2.45, 2.75) is 6.42 Å². The van der Waals surface area contributed by atoms with Gasteiger partial charge in [0.1, 0.15) is 5.82 Å². The number of nitrogens with zero attached hydrogens (tertiary/aromatic N) is 1. The molecule has 1 aromatic rings. The van der Waals surface area contributed by atoms with Crippen molar-refractivity contribution in [3.63, 3.8) is 0 Å². The van der Waals surface area contributed by atoms with E-state index in [9.17, 15) is 0 Å². The first-order valence-corrected chi connectivity index (χ1v) is 5.68. The van der Waals surface area contributed by atoms with Crippen LogP contribution >= 0.6 is 0 Å². The Morgan fingerprint density at radius 3 is 2.82 bits per heavy atom. The van der Waals surface area contributed by atoms with Crippen molar-refractivity contribution < 1.29 is 14.2 Å². The van der Waals surface area contributed by atoms with Gasteiger partial charge in [-0.05, 0) is 12.5 Å². The molecule has 0 fully saturated rings. The van der Waals surface area contributed by atoms with Gasteiger partial charge in [0.15, 0.2) is 0 Å². The summed E-state index contributed by atoms with van der Waals surface area (Å²) in [7, 11) is 3.27. The summed E-state index contributed by atoms with van der Waals surface area (Å²) in [6, 6.07) is 5.64. The summed E-state index contributed by atoms with van der Waals surface area (Å²) in [5.74, 6) is 1.44. The molecule has 5 nitrogen and oxygen atoms in total. The second-order valence-corrected chi connectivity index (χ2v) is 3.45. The molecule has 0 aliphatic carbocycles. The Labute approximate surface area is 102 Å². The normalized spacial score (nSPS) is 10.2. The maximum absolute atomic E-state index is 5.35. The van der Waals surface area contributed by atoms with Crippen LogP contribution in [0.15, 0.2) is 18.2 Å². The molecule has 17 heavy (non-hydrogen) atoms. The highest BCUT2D eigenvalue weighted by Crippen LogP contribution is 2.10. The third-order valence-electron chi connectivity index (χ3n) is 2.14. The number of pyridine rings is 1. The smallest absolute Gasteiger partial charge is 0.214 e. The van der Waals surface area contributed by atoms with Crippen LogP contribution in [0.25, 0.3) is 0 Å². The monoisotopic (exact) mass is 240 g/mol. The third kappa shape index (κ3) is 6.09. The fraction of sp³-hybridized carbons (Fsp3) is 0.583. The maximum Gasteiger partial charge on any atom is 0.214 e. The molecule has 1 heterocycles. The molecule has 0 atom stereocenters. The molecule has 5 heteroatoms. The molecule has 0 saturated carbocycles. The second kappa shape index (κ2) is 8.78. The number of ether oxygens (including phenoxy) is 3. The fourth-order valence-electron chi connectivity index (χ4n) is 1.26. The highest BCUT2D eigenvalue weighted by molar-refractivity contribution is 5.36. The molecule has 0 radical (unpaired) electrons. The zero-order valence-corrected chi connectivity index (χ0v) is 10.4. The molecule has 0 amide bonds. The molecule has 1 aromatic heterocycles. The molecular weight excluding hydrogens is 220 g/mol. The zero-order valence-electron chi connectivity index (χ0n) is 10.4. The van der Waals surface area contributed by atoms with Gasteiger partial charge in [-0.25, -0.2) is 0 Å². The lowest BCUT2D eigenvalue weighted by atomic mass is 10.4. The van der Waals surface area contributed by atoms with Gasteiger partial charge >= 0.3 is 0 Å². The van der Waals surface area contributed by atoms with Crippen molar-refractivity contribution in [1.82, 2.24) is 4.98 Å². The van der Waals surface area contributed by atoms with Crippen molar-refractivity contribution in [1.29, 1.82) is 0 Å². The summed E-state index contributed by atoms with van der Waals surface area (Å²) in [6.07, 6.45) is 0.933. The van der Waals surface area contributed by atoms with Gasteiger partial charge in [-0.3, -0.25) is 0 Å². The van der Waals surface area contributed by atoms with Crippen LogP contribution in [-0.4, -0.2) is 45.6 Å². The predicted molar refractivity (Wildman–Crippen MR) is 66.6 cm³/mol. The van der Waals surface area contributed by atoms with Crippen molar-refractivity contribution in [2.24, 2.45) is 0 Å². The minimum Gasteiger partial charge on any atom is -0.481 e. The SMILES string of the molecule is COCCOCCCNc1cccc(OC)n1. The molecule has 1 N–H and O–H groups in total. The summed E-state index contributed by atoms with van der Waals surface area (Å²) >= 11 is 0. The number of hydrogen-bond acceptors (Lipinski definition) is 5. The lowest BCUT2D eigenvalue weighted by molar-refractivity contribution is 0.0705. The molecule has 0 spiro atoms. The van der Waals surface area contributed by atoms with E-state index in [1.807, 2.05) is 18.2 Å². The van der Waals surface area contributed by atoms with Crippen LogP contribution in [0, 0.1) is 0 Å². The van der Waals surface area contributed by atoms with Gasteiger partial charge in [0.25, 0.3) is 0 Å². The van der Waals surface area contributed by atoms with E-state index in [1.54, 1.807) is 14.2 Å². The molecule has 0 aromatic carbocycles. The van der Waals surface area contributed by atoms with Crippen LogP contribution in [0.5, 0.6) is 5.88 Å². The highest BCUT2D eigenvalue weighted by Gasteiger charge is 1.96. The Kier molecular flexibility index (Phi) is 7.09. The summed E-state index contributed by atoms with van der Waals surface area (Å²) in [4.78, 5) is 4.24. The van der Waals surface area contributed by atoms with Crippen LogP contribution in [0.4, 0.5) is 5.82 Å². The molecule has 0 bridgehead atoms. The minimum absolute atomic E-state index is 0.617. The summed E-state index contributed by atoms with van der Waals surface area (Å²) in [5.41, 5.74) is 0. The molecule has 96 valence electrons. The standard InChI is InChI=1S/C12H20N2O3/c1-15-9-10-17-8-4-7-13-11-5-3-6-12(14-11)16-2/h3,5-6H,4,7-10H2,1-2H3,(H,13,14). The van der Waals surface area contributed by atoms with Gasteiger partial charge < -0.3 is 19.5 Å². The number of rotatable bonds is 9. The lowest BCUT2D eigenvalue weighted by Crippen LogP contribution is -2.09. The van der Waals surface area contributed by atoms with Crippen LogP contribution < -0.4 is 10.1 Å². The molecule has 0 aliphatic rings. The van der Waals surface area contributed by atoms with Gasteiger partial charge in [0.2, 0.25) is 5.88 Å².